The maximum atomic E-state index is 12.4. The molecule has 0 aromatic carbocycles. The van der Waals surface area contributed by atoms with Crippen LogP contribution in [0.1, 0.15) is 290 Å². The van der Waals surface area contributed by atoms with Gasteiger partial charge in [-0.3, -0.25) is 9.59 Å². The van der Waals surface area contributed by atoms with E-state index in [-0.39, 0.29) is 18.5 Å². The third-order valence-corrected chi connectivity index (χ3v) is 12.5. The molecule has 0 radical (unpaired) electrons. The first kappa shape index (κ1) is 59.3. The number of amides is 1. The molecule has 61 heavy (non-hydrogen) atoms. The Kier molecular flexibility index (Phi) is 49.6. The molecule has 0 spiro atoms. The predicted octanol–water partition coefficient (Wildman–Crippen LogP) is 16.3. The number of hydrogen-bond acceptors (Lipinski definition) is 5. The van der Waals surface area contributed by atoms with Crippen LogP contribution in [0.2, 0.25) is 0 Å². The van der Waals surface area contributed by atoms with Crippen LogP contribution in [0.3, 0.4) is 0 Å². The van der Waals surface area contributed by atoms with Crippen molar-refractivity contribution in [3.63, 3.8) is 0 Å². The molecule has 0 aliphatic rings. The second-order valence-corrected chi connectivity index (χ2v) is 18.6. The minimum atomic E-state index is -0.847. The first-order chi connectivity index (χ1) is 30.0. The number of ether oxygens (including phenoxy) is 1. The molecule has 2 unspecified atom stereocenters. The summed E-state index contributed by atoms with van der Waals surface area (Å²) in [5.74, 6) is -0.0713. The van der Waals surface area contributed by atoms with E-state index >= 15 is 0 Å². The summed E-state index contributed by atoms with van der Waals surface area (Å²) in [4.78, 5) is 24.4. The Morgan fingerprint density at radius 2 is 0.770 bits per heavy atom. The van der Waals surface area contributed by atoms with Crippen LogP contribution in [-0.4, -0.2) is 47.4 Å². The van der Waals surface area contributed by atoms with E-state index in [4.69, 9.17) is 4.74 Å². The third-order valence-electron chi connectivity index (χ3n) is 12.5. The quantitative estimate of drug-likeness (QED) is 0.0322. The van der Waals surface area contributed by atoms with Gasteiger partial charge in [-0.15, -0.1) is 0 Å². The van der Waals surface area contributed by atoms with E-state index in [1.54, 1.807) is 6.08 Å². The fourth-order valence-corrected chi connectivity index (χ4v) is 8.27. The molecule has 2 atom stereocenters. The molecule has 360 valence electrons. The highest BCUT2D eigenvalue weighted by molar-refractivity contribution is 5.76. The number of nitrogens with one attached hydrogen (secondary N) is 1. The van der Waals surface area contributed by atoms with Crippen molar-refractivity contribution in [3.8, 4) is 0 Å². The van der Waals surface area contributed by atoms with Crippen LogP contribution < -0.4 is 5.32 Å². The third kappa shape index (κ3) is 47.7. The summed E-state index contributed by atoms with van der Waals surface area (Å²) >= 11 is 0. The minimum Gasteiger partial charge on any atom is -0.466 e. The van der Waals surface area contributed by atoms with E-state index in [9.17, 15) is 19.8 Å². The fourth-order valence-electron chi connectivity index (χ4n) is 8.27. The lowest BCUT2D eigenvalue weighted by Gasteiger charge is -2.20. The fraction of sp³-hybridized carbons (Fsp3) is 0.891. The number of rotatable bonds is 50. The highest BCUT2D eigenvalue weighted by atomic mass is 16.5. The zero-order valence-corrected chi connectivity index (χ0v) is 40.9. The molecular weight excluding hydrogens is 755 g/mol. The van der Waals surface area contributed by atoms with Gasteiger partial charge in [0.25, 0.3) is 0 Å². The molecule has 0 saturated heterocycles. The van der Waals surface area contributed by atoms with Crippen molar-refractivity contribution in [2.45, 2.75) is 302 Å². The molecule has 3 N–H and O–H groups in total. The second kappa shape index (κ2) is 51.0. The van der Waals surface area contributed by atoms with Gasteiger partial charge in [-0.25, -0.2) is 0 Å². The average Bonchev–Trinajstić information content (AvgIpc) is 3.26. The van der Waals surface area contributed by atoms with Crippen molar-refractivity contribution in [3.05, 3.63) is 24.3 Å². The summed E-state index contributed by atoms with van der Waals surface area (Å²) in [6.07, 6.45) is 60.6. The first-order valence-corrected chi connectivity index (χ1v) is 27.1. The van der Waals surface area contributed by atoms with Crippen molar-refractivity contribution in [2.75, 3.05) is 13.2 Å². The van der Waals surface area contributed by atoms with Gasteiger partial charge in [0.05, 0.1) is 25.4 Å². The minimum absolute atomic E-state index is 0.00800. The molecule has 0 bridgehead atoms. The van der Waals surface area contributed by atoms with Crippen molar-refractivity contribution in [1.29, 1.82) is 0 Å². The molecule has 6 nitrogen and oxygen atoms in total. The van der Waals surface area contributed by atoms with Gasteiger partial charge in [0, 0.05) is 12.8 Å². The summed E-state index contributed by atoms with van der Waals surface area (Å²) in [6.45, 7) is 4.87. The van der Waals surface area contributed by atoms with Gasteiger partial charge in [0.2, 0.25) is 5.91 Å². The average molecular weight is 860 g/mol. The van der Waals surface area contributed by atoms with Crippen molar-refractivity contribution >= 4 is 11.9 Å². The standard InChI is InChI=1S/C55H105NO5/c1-3-5-7-9-11-13-14-15-22-26-29-33-37-41-45-49-55(60)61-50-46-42-38-34-30-27-24-21-19-17-16-18-20-23-25-28-32-36-40-44-48-54(59)56-52(51-57)53(58)47-43-39-35-31-12-10-8-6-4-2/h16,18,43,47,52-53,57-58H,3-15,17,19-42,44-46,48-51H2,1-2H3,(H,56,59)/b18-16-,47-43+. The van der Waals surface area contributed by atoms with Gasteiger partial charge in [-0.1, -0.05) is 244 Å². The Hall–Kier alpha value is -1.66. The lowest BCUT2D eigenvalue weighted by Crippen LogP contribution is -2.45. The highest BCUT2D eigenvalue weighted by Crippen LogP contribution is 2.16. The number of esters is 1. The van der Waals surface area contributed by atoms with Gasteiger partial charge < -0.3 is 20.3 Å². The largest absolute Gasteiger partial charge is 0.466 e. The van der Waals surface area contributed by atoms with Gasteiger partial charge in [-0.2, -0.15) is 0 Å². The normalized spacial score (nSPS) is 12.8. The molecule has 0 rings (SSSR count). The number of hydrogen-bond donors (Lipinski definition) is 3. The predicted molar refractivity (Wildman–Crippen MR) is 264 cm³/mol. The summed E-state index contributed by atoms with van der Waals surface area (Å²) < 4.78 is 5.48. The van der Waals surface area contributed by atoms with Gasteiger partial charge in [0.1, 0.15) is 0 Å². The maximum Gasteiger partial charge on any atom is 0.305 e. The molecule has 0 fully saturated rings. The molecule has 1 amide bonds. The number of unbranched alkanes of at least 4 members (excludes halogenated alkanes) is 37. The zero-order valence-electron chi connectivity index (χ0n) is 40.9. The van der Waals surface area contributed by atoms with E-state index in [0.29, 0.717) is 19.4 Å². The summed E-state index contributed by atoms with van der Waals surface area (Å²) in [5, 5.41) is 22.9. The molecule has 0 aliphatic heterocycles. The van der Waals surface area contributed by atoms with Gasteiger partial charge in [-0.05, 0) is 57.8 Å². The Balaban J connectivity index is 3.41. The van der Waals surface area contributed by atoms with Crippen molar-refractivity contribution in [1.82, 2.24) is 5.32 Å². The Labute approximate surface area is 380 Å². The van der Waals surface area contributed by atoms with Crippen LogP contribution in [0.25, 0.3) is 0 Å². The molecule has 6 heteroatoms. The van der Waals surface area contributed by atoms with E-state index in [0.717, 1.165) is 44.9 Å². The number of aliphatic hydroxyl groups is 2. The molecule has 0 aromatic rings. The number of aliphatic hydroxyl groups excluding tert-OH is 2. The van der Waals surface area contributed by atoms with Crippen LogP contribution in [0.15, 0.2) is 24.3 Å². The maximum absolute atomic E-state index is 12.4. The van der Waals surface area contributed by atoms with Gasteiger partial charge >= 0.3 is 5.97 Å². The monoisotopic (exact) mass is 860 g/mol. The lowest BCUT2D eigenvalue weighted by atomic mass is 10.0. The molecule has 0 aromatic heterocycles. The van der Waals surface area contributed by atoms with Crippen LogP contribution in [0.4, 0.5) is 0 Å². The van der Waals surface area contributed by atoms with Crippen LogP contribution in [-0.2, 0) is 14.3 Å². The SMILES string of the molecule is CCCCCCCCC/C=C/C(O)C(CO)NC(=O)CCCCCCCCC/C=C\CCCCCCCCCCCOC(=O)CCCCCCCCCCCCCCCCC. The Morgan fingerprint density at radius 3 is 1.16 bits per heavy atom. The molecule has 0 aliphatic carbocycles. The second-order valence-electron chi connectivity index (χ2n) is 18.6. The summed E-state index contributed by atoms with van der Waals surface area (Å²) in [5.41, 5.74) is 0. The topological polar surface area (TPSA) is 95.9 Å². The van der Waals surface area contributed by atoms with E-state index in [1.165, 1.54) is 218 Å². The van der Waals surface area contributed by atoms with E-state index in [1.807, 2.05) is 6.08 Å². The molecule has 0 saturated carbocycles. The molecule has 0 heterocycles. The zero-order chi connectivity index (χ0) is 44.4. The van der Waals surface area contributed by atoms with Crippen molar-refractivity contribution in [2.24, 2.45) is 0 Å². The van der Waals surface area contributed by atoms with E-state index < -0.39 is 12.1 Å². The van der Waals surface area contributed by atoms with Crippen LogP contribution >= 0.6 is 0 Å². The van der Waals surface area contributed by atoms with Crippen molar-refractivity contribution < 1.29 is 24.5 Å². The van der Waals surface area contributed by atoms with Crippen LogP contribution in [0.5, 0.6) is 0 Å². The highest BCUT2D eigenvalue weighted by Gasteiger charge is 2.18. The summed E-state index contributed by atoms with van der Waals surface area (Å²) in [7, 11) is 0. The Bertz CT molecular complexity index is 951. The first-order valence-electron chi connectivity index (χ1n) is 27.1. The van der Waals surface area contributed by atoms with Gasteiger partial charge in [0.15, 0.2) is 0 Å². The summed E-state index contributed by atoms with van der Waals surface area (Å²) in [6, 6.07) is -0.631. The number of carbonyl (C=O) groups excluding carboxylic acids is 2. The number of allylic oxidation sites excluding steroid dienone is 3. The number of carbonyl (C=O) groups is 2. The van der Waals surface area contributed by atoms with Crippen LogP contribution in [0, 0.1) is 0 Å². The lowest BCUT2D eigenvalue weighted by molar-refractivity contribution is -0.143. The molecular formula is C55H105NO5. The smallest absolute Gasteiger partial charge is 0.305 e. The van der Waals surface area contributed by atoms with E-state index in [2.05, 4.69) is 31.3 Å². The Morgan fingerprint density at radius 1 is 0.443 bits per heavy atom.